The number of nitrogens with zero attached hydrogens (tertiary/aromatic N) is 2. The van der Waals surface area contributed by atoms with Crippen LogP contribution in [0.2, 0.25) is 0 Å². The van der Waals surface area contributed by atoms with Crippen molar-refractivity contribution in [1.29, 1.82) is 0 Å². The van der Waals surface area contributed by atoms with Crippen LogP contribution in [0.3, 0.4) is 0 Å². The Hall–Kier alpha value is -1.09. The maximum atomic E-state index is 4.89. The molecule has 2 aliphatic heterocycles. The number of pyridine rings is 1. The van der Waals surface area contributed by atoms with Crippen LogP contribution in [0.5, 0.6) is 0 Å². The molecule has 3 heteroatoms. The standard InChI is InChI=1S/C17H27N3/c1-17(2,3)20-11-8-13(9-12-20)15-7-6-14-5-4-10-18-16(14)19-15/h6-7,13H,4-5,8-12H2,1-3H3,(H,18,19). The summed E-state index contributed by atoms with van der Waals surface area (Å²) in [4.78, 5) is 7.49. The Morgan fingerprint density at radius 3 is 2.65 bits per heavy atom. The zero-order valence-electron chi connectivity index (χ0n) is 13.1. The number of hydrogen-bond acceptors (Lipinski definition) is 3. The molecule has 0 saturated carbocycles. The summed E-state index contributed by atoms with van der Waals surface area (Å²) in [6.07, 6.45) is 4.89. The summed E-state index contributed by atoms with van der Waals surface area (Å²) in [5, 5.41) is 3.45. The molecule has 3 heterocycles. The van der Waals surface area contributed by atoms with Gasteiger partial charge in [0.2, 0.25) is 0 Å². The predicted octanol–water partition coefficient (Wildman–Crippen LogP) is 3.42. The Balaban J connectivity index is 1.69. The average Bonchev–Trinajstić information content (AvgIpc) is 2.46. The third kappa shape index (κ3) is 2.83. The highest BCUT2D eigenvalue weighted by molar-refractivity contribution is 5.47. The van der Waals surface area contributed by atoms with E-state index in [1.165, 1.54) is 50.0 Å². The summed E-state index contributed by atoms with van der Waals surface area (Å²) < 4.78 is 0. The van der Waals surface area contributed by atoms with Crippen molar-refractivity contribution < 1.29 is 0 Å². The summed E-state index contributed by atoms with van der Waals surface area (Å²) in [6, 6.07) is 4.56. The molecule has 3 nitrogen and oxygen atoms in total. The van der Waals surface area contributed by atoms with E-state index in [2.05, 4.69) is 43.1 Å². The van der Waals surface area contributed by atoms with Gasteiger partial charge in [-0.25, -0.2) is 4.98 Å². The molecular formula is C17H27N3. The van der Waals surface area contributed by atoms with Crippen LogP contribution in [-0.4, -0.2) is 35.1 Å². The SMILES string of the molecule is CC(C)(C)N1CCC(c2ccc3c(n2)NCCC3)CC1. The third-order valence-corrected chi connectivity index (χ3v) is 4.78. The first-order valence-corrected chi connectivity index (χ1v) is 8.03. The van der Waals surface area contributed by atoms with Gasteiger partial charge in [-0.1, -0.05) is 6.07 Å². The van der Waals surface area contributed by atoms with E-state index in [1.807, 2.05) is 0 Å². The topological polar surface area (TPSA) is 28.2 Å². The van der Waals surface area contributed by atoms with Crippen LogP contribution >= 0.6 is 0 Å². The number of aromatic nitrogens is 1. The number of aryl methyl sites for hydroxylation is 1. The molecule has 0 radical (unpaired) electrons. The van der Waals surface area contributed by atoms with Crippen molar-refractivity contribution in [3.8, 4) is 0 Å². The summed E-state index contributed by atoms with van der Waals surface area (Å²) in [5.41, 5.74) is 2.99. The molecule has 1 saturated heterocycles. The number of fused-ring (bicyclic) bond motifs is 1. The molecule has 0 atom stereocenters. The Morgan fingerprint density at radius 2 is 1.95 bits per heavy atom. The minimum atomic E-state index is 0.301. The summed E-state index contributed by atoms with van der Waals surface area (Å²) in [7, 11) is 0. The lowest BCUT2D eigenvalue weighted by Gasteiger charge is -2.40. The van der Waals surface area contributed by atoms with Crippen molar-refractivity contribution in [3.63, 3.8) is 0 Å². The molecule has 3 rings (SSSR count). The quantitative estimate of drug-likeness (QED) is 0.850. The van der Waals surface area contributed by atoms with E-state index in [4.69, 9.17) is 4.98 Å². The molecule has 0 aromatic carbocycles. The highest BCUT2D eigenvalue weighted by Gasteiger charge is 2.28. The molecule has 0 amide bonds. The first kappa shape index (κ1) is 13.9. The Labute approximate surface area is 122 Å². The van der Waals surface area contributed by atoms with Crippen molar-refractivity contribution in [2.75, 3.05) is 25.0 Å². The van der Waals surface area contributed by atoms with Gasteiger partial charge in [0.15, 0.2) is 0 Å². The molecule has 20 heavy (non-hydrogen) atoms. The van der Waals surface area contributed by atoms with Gasteiger partial charge in [0.05, 0.1) is 0 Å². The molecule has 1 fully saturated rings. The second kappa shape index (κ2) is 5.36. The largest absolute Gasteiger partial charge is 0.370 e. The lowest BCUT2D eigenvalue weighted by molar-refractivity contribution is 0.102. The molecule has 0 bridgehead atoms. The molecule has 0 unspecified atom stereocenters. The number of rotatable bonds is 1. The van der Waals surface area contributed by atoms with Crippen LogP contribution in [0, 0.1) is 0 Å². The van der Waals surface area contributed by atoms with Crippen molar-refractivity contribution in [2.24, 2.45) is 0 Å². The fourth-order valence-electron chi connectivity index (χ4n) is 3.42. The van der Waals surface area contributed by atoms with Crippen molar-refractivity contribution in [2.45, 2.75) is 57.9 Å². The van der Waals surface area contributed by atoms with Crippen LogP contribution in [0.15, 0.2) is 12.1 Å². The van der Waals surface area contributed by atoms with Gasteiger partial charge in [0.25, 0.3) is 0 Å². The summed E-state index contributed by atoms with van der Waals surface area (Å²) in [6.45, 7) is 10.4. The molecule has 0 spiro atoms. The molecule has 110 valence electrons. The van der Waals surface area contributed by atoms with Crippen LogP contribution in [-0.2, 0) is 6.42 Å². The van der Waals surface area contributed by atoms with Gasteiger partial charge in [-0.3, -0.25) is 4.90 Å². The second-order valence-corrected chi connectivity index (χ2v) is 7.21. The number of anilines is 1. The fourth-order valence-corrected chi connectivity index (χ4v) is 3.42. The Kier molecular flexibility index (Phi) is 3.72. The number of hydrogen-bond donors (Lipinski definition) is 1. The lowest BCUT2D eigenvalue weighted by atomic mass is 9.90. The minimum Gasteiger partial charge on any atom is -0.370 e. The molecule has 2 aliphatic rings. The van der Waals surface area contributed by atoms with Gasteiger partial charge < -0.3 is 5.32 Å². The maximum Gasteiger partial charge on any atom is 0.129 e. The Bertz CT molecular complexity index is 468. The van der Waals surface area contributed by atoms with Gasteiger partial charge in [0.1, 0.15) is 5.82 Å². The van der Waals surface area contributed by atoms with Crippen LogP contribution < -0.4 is 5.32 Å². The second-order valence-electron chi connectivity index (χ2n) is 7.21. The van der Waals surface area contributed by atoms with E-state index in [9.17, 15) is 0 Å². The summed E-state index contributed by atoms with van der Waals surface area (Å²) >= 11 is 0. The average molecular weight is 273 g/mol. The van der Waals surface area contributed by atoms with Gasteiger partial charge in [-0.2, -0.15) is 0 Å². The van der Waals surface area contributed by atoms with Gasteiger partial charge >= 0.3 is 0 Å². The van der Waals surface area contributed by atoms with Gasteiger partial charge in [-0.15, -0.1) is 0 Å². The summed E-state index contributed by atoms with van der Waals surface area (Å²) in [5.74, 6) is 1.79. The van der Waals surface area contributed by atoms with Crippen molar-refractivity contribution in [1.82, 2.24) is 9.88 Å². The molecule has 1 aromatic heterocycles. The van der Waals surface area contributed by atoms with Gasteiger partial charge in [-0.05, 0) is 71.2 Å². The monoisotopic (exact) mass is 273 g/mol. The van der Waals surface area contributed by atoms with E-state index in [0.29, 0.717) is 11.5 Å². The number of likely N-dealkylation sites (tertiary alicyclic amines) is 1. The van der Waals surface area contributed by atoms with E-state index in [0.717, 1.165) is 12.4 Å². The maximum absolute atomic E-state index is 4.89. The van der Waals surface area contributed by atoms with Crippen molar-refractivity contribution >= 4 is 5.82 Å². The minimum absolute atomic E-state index is 0.301. The number of piperidine rings is 1. The van der Waals surface area contributed by atoms with Crippen LogP contribution in [0.4, 0.5) is 5.82 Å². The van der Waals surface area contributed by atoms with Gasteiger partial charge in [0, 0.05) is 23.7 Å². The number of nitrogens with one attached hydrogen (secondary N) is 1. The smallest absolute Gasteiger partial charge is 0.129 e. The van der Waals surface area contributed by atoms with Crippen LogP contribution in [0.1, 0.15) is 57.2 Å². The molecule has 0 aliphatic carbocycles. The Morgan fingerprint density at radius 1 is 1.20 bits per heavy atom. The van der Waals surface area contributed by atoms with Crippen molar-refractivity contribution in [3.05, 3.63) is 23.4 Å². The van der Waals surface area contributed by atoms with E-state index >= 15 is 0 Å². The first-order valence-electron chi connectivity index (χ1n) is 8.03. The third-order valence-electron chi connectivity index (χ3n) is 4.78. The zero-order chi connectivity index (χ0) is 14.2. The first-order chi connectivity index (χ1) is 9.54. The normalized spacial score (nSPS) is 21.4. The molecular weight excluding hydrogens is 246 g/mol. The van der Waals surface area contributed by atoms with Crippen LogP contribution in [0.25, 0.3) is 0 Å². The molecule has 1 aromatic rings. The highest BCUT2D eigenvalue weighted by atomic mass is 15.2. The zero-order valence-corrected chi connectivity index (χ0v) is 13.1. The van der Waals surface area contributed by atoms with E-state index < -0.39 is 0 Å². The fraction of sp³-hybridized carbons (Fsp3) is 0.706. The highest BCUT2D eigenvalue weighted by Crippen LogP contribution is 2.31. The van der Waals surface area contributed by atoms with E-state index in [-0.39, 0.29) is 0 Å². The lowest BCUT2D eigenvalue weighted by Crippen LogP contribution is -2.45. The predicted molar refractivity (Wildman–Crippen MR) is 84.3 cm³/mol. The van der Waals surface area contributed by atoms with E-state index in [1.54, 1.807) is 0 Å². The molecule has 1 N–H and O–H groups in total.